The van der Waals surface area contributed by atoms with E-state index in [1.807, 2.05) is 18.2 Å². The Bertz CT molecular complexity index is 451. The summed E-state index contributed by atoms with van der Waals surface area (Å²) in [5.74, 6) is 0.108. The molecule has 104 valence electrons. The average molecular weight is 265 g/mol. The Balaban J connectivity index is 2.02. The van der Waals surface area contributed by atoms with Crippen LogP contribution >= 0.6 is 0 Å². The molecule has 2 rings (SSSR count). The Kier molecular flexibility index (Phi) is 4.73. The summed E-state index contributed by atoms with van der Waals surface area (Å²) >= 11 is 0. The first kappa shape index (κ1) is 13.8. The molecule has 0 aliphatic carbocycles. The molecule has 6 nitrogen and oxygen atoms in total. The highest BCUT2D eigenvalue weighted by molar-refractivity contribution is 5.97. The van der Waals surface area contributed by atoms with Crippen LogP contribution in [0.5, 0.6) is 0 Å². The lowest BCUT2D eigenvalue weighted by atomic mass is 10.1. The fraction of sp³-hybridized carbons (Fsp3) is 0.462. The van der Waals surface area contributed by atoms with E-state index in [-0.39, 0.29) is 18.5 Å². The highest BCUT2D eigenvalue weighted by Gasteiger charge is 2.19. The van der Waals surface area contributed by atoms with Gasteiger partial charge in [-0.1, -0.05) is 23.4 Å². The topological polar surface area (TPSA) is 91.3 Å². The van der Waals surface area contributed by atoms with Gasteiger partial charge in [0, 0.05) is 25.2 Å². The van der Waals surface area contributed by atoms with Gasteiger partial charge in [0.05, 0.1) is 19.3 Å². The Morgan fingerprint density at radius 3 is 3.11 bits per heavy atom. The maximum absolute atomic E-state index is 9.11. The maximum atomic E-state index is 9.11. The zero-order valence-electron chi connectivity index (χ0n) is 10.7. The van der Waals surface area contributed by atoms with Gasteiger partial charge in [-0.25, -0.2) is 0 Å². The van der Waals surface area contributed by atoms with Gasteiger partial charge in [-0.2, -0.15) is 0 Å². The third kappa shape index (κ3) is 3.66. The maximum Gasteiger partial charge on any atom is 0.170 e. The summed E-state index contributed by atoms with van der Waals surface area (Å²) in [6.07, 6.45) is -0.110. The summed E-state index contributed by atoms with van der Waals surface area (Å²) in [5, 5.41) is 20.8. The number of oxime groups is 1. The van der Waals surface area contributed by atoms with Gasteiger partial charge in [0.1, 0.15) is 0 Å². The predicted molar refractivity (Wildman–Crippen MR) is 71.1 cm³/mol. The highest BCUT2D eigenvalue weighted by Crippen LogP contribution is 2.12. The van der Waals surface area contributed by atoms with Crippen LogP contribution in [0.1, 0.15) is 11.1 Å². The molecule has 1 atom stereocenters. The van der Waals surface area contributed by atoms with Crippen molar-refractivity contribution in [3.63, 3.8) is 0 Å². The standard InChI is InChI=1S/C13H19N3O3/c14-13(15-18)11-3-1-2-10(6-11)7-16-4-5-19-12(8-16)9-17/h1-3,6,12,17-18H,4-5,7-9H2,(H2,14,15). The third-order valence-corrected chi connectivity index (χ3v) is 3.16. The molecule has 1 aromatic carbocycles. The number of hydrogen-bond donors (Lipinski definition) is 3. The molecule has 1 aromatic rings. The van der Waals surface area contributed by atoms with Crippen molar-refractivity contribution in [1.29, 1.82) is 0 Å². The number of nitrogens with two attached hydrogens (primary N) is 1. The van der Waals surface area contributed by atoms with Gasteiger partial charge in [0.25, 0.3) is 0 Å². The number of aliphatic hydroxyl groups excluding tert-OH is 1. The summed E-state index contributed by atoms with van der Waals surface area (Å²) in [4.78, 5) is 2.22. The molecule has 0 saturated carbocycles. The number of aliphatic hydroxyl groups is 1. The lowest BCUT2D eigenvalue weighted by Gasteiger charge is -2.32. The fourth-order valence-corrected chi connectivity index (χ4v) is 2.18. The van der Waals surface area contributed by atoms with E-state index in [0.29, 0.717) is 18.7 Å². The first-order valence-electron chi connectivity index (χ1n) is 6.24. The lowest BCUT2D eigenvalue weighted by molar-refractivity contribution is -0.0551. The Morgan fingerprint density at radius 2 is 2.37 bits per heavy atom. The zero-order valence-corrected chi connectivity index (χ0v) is 10.7. The molecule has 1 saturated heterocycles. The number of benzene rings is 1. The van der Waals surface area contributed by atoms with Crippen molar-refractivity contribution in [1.82, 2.24) is 4.90 Å². The number of hydrogen-bond acceptors (Lipinski definition) is 5. The van der Waals surface area contributed by atoms with Crippen LogP contribution < -0.4 is 5.73 Å². The number of amidine groups is 1. The van der Waals surface area contributed by atoms with E-state index in [9.17, 15) is 0 Å². The number of rotatable bonds is 4. The van der Waals surface area contributed by atoms with Crippen molar-refractivity contribution < 1.29 is 15.1 Å². The van der Waals surface area contributed by atoms with E-state index in [0.717, 1.165) is 18.7 Å². The Morgan fingerprint density at radius 1 is 1.53 bits per heavy atom. The summed E-state index contributed by atoms with van der Waals surface area (Å²) < 4.78 is 5.41. The van der Waals surface area contributed by atoms with Gasteiger partial charge in [-0.3, -0.25) is 4.90 Å². The highest BCUT2D eigenvalue weighted by atomic mass is 16.5. The Hall–Kier alpha value is -1.63. The largest absolute Gasteiger partial charge is 0.409 e. The molecule has 1 unspecified atom stereocenters. The van der Waals surface area contributed by atoms with Crippen LogP contribution in [0.15, 0.2) is 29.4 Å². The van der Waals surface area contributed by atoms with Crippen LogP contribution in [0.3, 0.4) is 0 Å². The van der Waals surface area contributed by atoms with Crippen molar-refractivity contribution in [3.8, 4) is 0 Å². The summed E-state index contributed by atoms with van der Waals surface area (Å²) in [6, 6.07) is 7.58. The quantitative estimate of drug-likeness (QED) is 0.308. The second-order valence-electron chi connectivity index (χ2n) is 4.60. The van der Waals surface area contributed by atoms with Gasteiger partial charge >= 0.3 is 0 Å². The monoisotopic (exact) mass is 265 g/mol. The van der Waals surface area contributed by atoms with Gasteiger partial charge in [-0.05, 0) is 11.6 Å². The van der Waals surface area contributed by atoms with Crippen LogP contribution in [-0.2, 0) is 11.3 Å². The van der Waals surface area contributed by atoms with Crippen LogP contribution in [-0.4, -0.2) is 53.5 Å². The molecule has 0 aromatic heterocycles. The summed E-state index contributed by atoms with van der Waals surface area (Å²) in [7, 11) is 0. The molecule has 0 bridgehead atoms. The smallest absolute Gasteiger partial charge is 0.170 e. The Labute approximate surface area is 112 Å². The van der Waals surface area contributed by atoms with Gasteiger partial charge in [-0.15, -0.1) is 0 Å². The van der Waals surface area contributed by atoms with Crippen molar-refractivity contribution in [3.05, 3.63) is 35.4 Å². The van der Waals surface area contributed by atoms with Crippen LogP contribution in [0.25, 0.3) is 0 Å². The first-order valence-corrected chi connectivity index (χ1v) is 6.24. The molecule has 1 fully saturated rings. The average Bonchev–Trinajstić information content (AvgIpc) is 2.47. The van der Waals surface area contributed by atoms with E-state index in [1.165, 1.54) is 0 Å². The van der Waals surface area contributed by atoms with E-state index < -0.39 is 0 Å². The van der Waals surface area contributed by atoms with Crippen molar-refractivity contribution in [2.45, 2.75) is 12.6 Å². The second-order valence-corrected chi connectivity index (χ2v) is 4.60. The minimum atomic E-state index is -0.110. The second kappa shape index (κ2) is 6.51. The first-order chi connectivity index (χ1) is 9.22. The predicted octanol–water partition coefficient (Wildman–Crippen LogP) is -0.0258. The molecule has 19 heavy (non-hydrogen) atoms. The van der Waals surface area contributed by atoms with E-state index in [1.54, 1.807) is 6.07 Å². The molecule has 0 amide bonds. The van der Waals surface area contributed by atoms with Gasteiger partial charge < -0.3 is 20.8 Å². The molecule has 0 spiro atoms. The molecule has 1 heterocycles. The van der Waals surface area contributed by atoms with Crippen LogP contribution in [0.4, 0.5) is 0 Å². The molecule has 1 aliphatic rings. The third-order valence-electron chi connectivity index (χ3n) is 3.16. The molecule has 6 heteroatoms. The molecular formula is C13H19N3O3. The lowest BCUT2D eigenvalue weighted by Crippen LogP contribution is -2.43. The molecule has 1 aliphatic heterocycles. The van der Waals surface area contributed by atoms with Crippen LogP contribution in [0, 0.1) is 0 Å². The number of morpholine rings is 1. The van der Waals surface area contributed by atoms with E-state index >= 15 is 0 Å². The van der Waals surface area contributed by atoms with Crippen molar-refractivity contribution in [2.75, 3.05) is 26.3 Å². The fourth-order valence-electron chi connectivity index (χ4n) is 2.18. The van der Waals surface area contributed by atoms with Crippen molar-refractivity contribution in [2.24, 2.45) is 10.9 Å². The molecule has 4 N–H and O–H groups in total. The minimum Gasteiger partial charge on any atom is -0.409 e. The number of nitrogens with zero attached hydrogens (tertiary/aromatic N) is 2. The SMILES string of the molecule is N/C(=N/O)c1cccc(CN2CCOC(CO)C2)c1. The molecule has 0 radical (unpaired) electrons. The van der Waals surface area contributed by atoms with Crippen molar-refractivity contribution >= 4 is 5.84 Å². The van der Waals surface area contributed by atoms with E-state index in [2.05, 4.69) is 10.1 Å². The van der Waals surface area contributed by atoms with Crippen LogP contribution in [0.2, 0.25) is 0 Å². The van der Waals surface area contributed by atoms with E-state index in [4.69, 9.17) is 20.8 Å². The zero-order chi connectivity index (χ0) is 13.7. The minimum absolute atomic E-state index is 0.0423. The summed E-state index contributed by atoms with van der Waals surface area (Å²) in [5.41, 5.74) is 7.36. The normalized spacial score (nSPS) is 21.5. The number of ether oxygens (including phenoxy) is 1. The summed E-state index contributed by atoms with van der Waals surface area (Å²) in [6.45, 7) is 2.98. The van der Waals surface area contributed by atoms with Gasteiger partial charge in [0.2, 0.25) is 0 Å². The molecular weight excluding hydrogens is 246 g/mol. The van der Waals surface area contributed by atoms with Gasteiger partial charge in [0.15, 0.2) is 5.84 Å².